The summed E-state index contributed by atoms with van der Waals surface area (Å²) in [6.45, 7) is 2.37. The molecule has 0 radical (unpaired) electrons. The lowest BCUT2D eigenvalue weighted by molar-refractivity contribution is -0.142. The van der Waals surface area contributed by atoms with Crippen molar-refractivity contribution >= 4 is 5.97 Å². The quantitative estimate of drug-likeness (QED) is 0.838. The Bertz CT molecular complexity index is 445. The van der Waals surface area contributed by atoms with E-state index in [4.69, 9.17) is 9.63 Å². The lowest BCUT2D eigenvalue weighted by Crippen LogP contribution is -2.32. The molecule has 2 saturated heterocycles. The van der Waals surface area contributed by atoms with Crippen LogP contribution in [0.15, 0.2) is 4.52 Å². The molecule has 3 rings (SSSR count). The predicted octanol–water partition coefficient (Wildman–Crippen LogP) is 0.816. The van der Waals surface area contributed by atoms with Crippen molar-refractivity contribution in [2.24, 2.45) is 5.92 Å². The maximum Gasteiger partial charge on any atom is 0.308 e. The molecule has 2 fully saturated rings. The van der Waals surface area contributed by atoms with E-state index in [9.17, 15) is 4.79 Å². The van der Waals surface area contributed by atoms with Gasteiger partial charge < -0.3 is 9.63 Å². The molecule has 3 heterocycles. The topological polar surface area (TPSA) is 79.5 Å². The first-order chi connectivity index (χ1) is 8.15. The number of fused-ring (bicyclic) bond motifs is 2. The fourth-order valence-electron chi connectivity index (χ4n) is 3.17. The fourth-order valence-corrected chi connectivity index (χ4v) is 3.17. The van der Waals surface area contributed by atoms with Crippen LogP contribution in [0.1, 0.15) is 31.0 Å². The zero-order valence-corrected chi connectivity index (χ0v) is 9.67. The minimum Gasteiger partial charge on any atom is -0.481 e. The zero-order chi connectivity index (χ0) is 12.0. The molecule has 0 saturated carbocycles. The Balaban J connectivity index is 1.75. The summed E-state index contributed by atoms with van der Waals surface area (Å²) < 4.78 is 5.10. The van der Waals surface area contributed by atoms with Gasteiger partial charge in [0.2, 0.25) is 5.89 Å². The molecule has 6 nitrogen and oxygen atoms in total. The molecule has 0 spiro atoms. The molecule has 3 atom stereocenters. The molecule has 1 N–H and O–H groups in total. The van der Waals surface area contributed by atoms with Gasteiger partial charge >= 0.3 is 5.97 Å². The van der Waals surface area contributed by atoms with Crippen LogP contribution >= 0.6 is 0 Å². The Morgan fingerprint density at radius 3 is 3.00 bits per heavy atom. The zero-order valence-electron chi connectivity index (χ0n) is 9.67. The highest BCUT2D eigenvalue weighted by Crippen LogP contribution is 2.42. The first-order valence-corrected chi connectivity index (χ1v) is 5.93. The molecule has 17 heavy (non-hydrogen) atoms. The number of aliphatic carboxylic acids is 1. The van der Waals surface area contributed by atoms with E-state index in [1.54, 1.807) is 6.92 Å². The normalized spacial score (nSPS) is 32.2. The Labute approximate surface area is 98.6 Å². The van der Waals surface area contributed by atoms with E-state index in [1.807, 2.05) is 0 Å². The summed E-state index contributed by atoms with van der Waals surface area (Å²) in [5.41, 5.74) is 0. The Kier molecular flexibility index (Phi) is 2.39. The number of hydrogen-bond donors (Lipinski definition) is 1. The lowest BCUT2D eigenvalue weighted by atomic mass is 9.89. The van der Waals surface area contributed by atoms with Gasteiger partial charge in [-0.1, -0.05) is 5.16 Å². The number of rotatable bonds is 3. The third-order valence-electron chi connectivity index (χ3n) is 3.89. The molecule has 1 aromatic rings. The minimum absolute atomic E-state index is 0.143. The minimum atomic E-state index is -0.677. The average molecular weight is 237 g/mol. The van der Waals surface area contributed by atoms with E-state index in [1.165, 1.54) is 0 Å². The van der Waals surface area contributed by atoms with Crippen molar-refractivity contribution in [1.29, 1.82) is 0 Å². The van der Waals surface area contributed by atoms with Crippen LogP contribution in [0.5, 0.6) is 0 Å². The van der Waals surface area contributed by atoms with Gasteiger partial charge in [0.05, 0.1) is 12.5 Å². The number of aryl methyl sites for hydroxylation is 1. The number of carbonyl (C=O) groups is 1. The highest BCUT2D eigenvalue weighted by Gasteiger charge is 2.49. The Hall–Kier alpha value is -1.43. The number of nitrogens with zero attached hydrogens (tertiary/aromatic N) is 3. The van der Waals surface area contributed by atoms with E-state index >= 15 is 0 Å². The van der Waals surface area contributed by atoms with Crippen LogP contribution < -0.4 is 0 Å². The highest BCUT2D eigenvalue weighted by molar-refractivity contribution is 5.71. The molecule has 0 aliphatic carbocycles. The van der Waals surface area contributed by atoms with Crippen molar-refractivity contribution in [2.45, 2.75) is 44.8 Å². The van der Waals surface area contributed by atoms with Gasteiger partial charge in [-0.15, -0.1) is 0 Å². The van der Waals surface area contributed by atoms with Gasteiger partial charge in [0.25, 0.3) is 0 Å². The largest absolute Gasteiger partial charge is 0.481 e. The molecule has 0 amide bonds. The van der Waals surface area contributed by atoms with Gasteiger partial charge in [0.15, 0.2) is 5.82 Å². The second-order valence-electron chi connectivity index (χ2n) is 4.89. The second kappa shape index (κ2) is 3.80. The number of carboxylic acid groups (broad SMARTS) is 1. The van der Waals surface area contributed by atoms with Crippen molar-refractivity contribution in [3.63, 3.8) is 0 Å². The van der Waals surface area contributed by atoms with Gasteiger partial charge in [0, 0.05) is 12.1 Å². The molecule has 1 aromatic heterocycles. The molecular weight excluding hydrogens is 222 g/mol. The van der Waals surface area contributed by atoms with Gasteiger partial charge in [0.1, 0.15) is 0 Å². The van der Waals surface area contributed by atoms with Crippen LogP contribution in [0.2, 0.25) is 0 Å². The first-order valence-electron chi connectivity index (χ1n) is 5.93. The first kappa shape index (κ1) is 10.7. The van der Waals surface area contributed by atoms with Crippen molar-refractivity contribution in [2.75, 3.05) is 0 Å². The Morgan fingerprint density at radius 1 is 1.59 bits per heavy atom. The molecule has 6 heteroatoms. The number of hydrogen-bond acceptors (Lipinski definition) is 5. The third-order valence-corrected chi connectivity index (χ3v) is 3.89. The van der Waals surface area contributed by atoms with E-state index in [0.717, 1.165) is 19.3 Å². The summed E-state index contributed by atoms with van der Waals surface area (Å²) in [4.78, 5) is 17.5. The molecule has 2 aliphatic heterocycles. The molecule has 2 aliphatic rings. The third kappa shape index (κ3) is 1.72. The van der Waals surface area contributed by atoms with Crippen LogP contribution in [-0.4, -0.2) is 38.2 Å². The van der Waals surface area contributed by atoms with Crippen molar-refractivity contribution in [1.82, 2.24) is 15.0 Å². The van der Waals surface area contributed by atoms with E-state index in [0.29, 0.717) is 24.3 Å². The smallest absolute Gasteiger partial charge is 0.308 e. The number of aromatic nitrogens is 2. The van der Waals surface area contributed by atoms with Crippen molar-refractivity contribution in [3.05, 3.63) is 11.7 Å². The predicted molar refractivity (Wildman–Crippen MR) is 57.1 cm³/mol. The standard InChI is InChI=1S/C11H15N3O3/c1-6-12-10(17-13-6)5-14-7-2-3-9(14)8(4-7)11(15)16/h7-9H,2-5H2,1H3,(H,15,16). The summed E-state index contributed by atoms with van der Waals surface area (Å²) in [7, 11) is 0. The molecule has 0 aromatic carbocycles. The van der Waals surface area contributed by atoms with Gasteiger partial charge in [-0.25, -0.2) is 0 Å². The van der Waals surface area contributed by atoms with E-state index in [-0.39, 0.29) is 12.0 Å². The van der Waals surface area contributed by atoms with Crippen LogP contribution in [0.3, 0.4) is 0 Å². The summed E-state index contributed by atoms with van der Waals surface area (Å²) >= 11 is 0. The molecule has 3 unspecified atom stereocenters. The Morgan fingerprint density at radius 2 is 2.41 bits per heavy atom. The summed E-state index contributed by atoms with van der Waals surface area (Å²) in [5.74, 6) is 0.313. The summed E-state index contributed by atoms with van der Waals surface area (Å²) in [5, 5.41) is 12.9. The summed E-state index contributed by atoms with van der Waals surface area (Å²) in [6, 6.07) is 0.512. The lowest BCUT2D eigenvalue weighted by Gasteiger charge is -2.20. The van der Waals surface area contributed by atoms with E-state index in [2.05, 4.69) is 15.0 Å². The maximum atomic E-state index is 11.1. The van der Waals surface area contributed by atoms with Gasteiger partial charge in [-0.3, -0.25) is 9.69 Å². The van der Waals surface area contributed by atoms with Gasteiger partial charge in [-0.05, 0) is 26.2 Å². The SMILES string of the molecule is Cc1noc(CN2C3CCC2C(C(=O)O)C3)n1. The number of carboxylic acids is 1. The van der Waals surface area contributed by atoms with Crippen molar-refractivity contribution in [3.8, 4) is 0 Å². The van der Waals surface area contributed by atoms with Crippen molar-refractivity contribution < 1.29 is 14.4 Å². The van der Waals surface area contributed by atoms with Crippen LogP contribution in [0.4, 0.5) is 0 Å². The van der Waals surface area contributed by atoms with Gasteiger partial charge in [-0.2, -0.15) is 4.98 Å². The fraction of sp³-hybridized carbons (Fsp3) is 0.727. The molecular formula is C11H15N3O3. The maximum absolute atomic E-state index is 11.1. The van der Waals surface area contributed by atoms with Crippen LogP contribution in [0.25, 0.3) is 0 Å². The van der Waals surface area contributed by atoms with E-state index < -0.39 is 5.97 Å². The van der Waals surface area contributed by atoms with Crippen LogP contribution in [-0.2, 0) is 11.3 Å². The average Bonchev–Trinajstić information content (AvgIpc) is 2.95. The summed E-state index contributed by atoms with van der Waals surface area (Å²) in [6.07, 6.45) is 2.81. The highest BCUT2D eigenvalue weighted by atomic mass is 16.5. The monoisotopic (exact) mass is 237 g/mol. The van der Waals surface area contributed by atoms with Crippen LogP contribution in [0, 0.1) is 12.8 Å². The second-order valence-corrected chi connectivity index (χ2v) is 4.89. The molecule has 2 bridgehead atoms. The molecule has 92 valence electrons.